The number of aliphatic hydroxyl groups is 1. The van der Waals surface area contributed by atoms with Gasteiger partial charge in [0.25, 0.3) is 0 Å². The molecule has 1 fully saturated rings. The molecule has 1 rings (SSSR count). The van der Waals surface area contributed by atoms with E-state index in [1.165, 1.54) is 6.42 Å². The average Bonchev–Trinajstić information content (AvgIpc) is 2.15. The van der Waals surface area contributed by atoms with E-state index in [0.717, 1.165) is 31.6 Å². The van der Waals surface area contributed by atoms with Crippen molar-refractivity contribution in [2.24, 2.45) is 5.92 Å². The quantitative estimate of drug-likeness (QED) is 0.608. The molecule has 0 spiro atoms. The molecule has 1 saturated carbocycles. The fourth-order valence-corrected chi connectivity index (χ4v) is 1.89. The SMILES string of the molecule is CC1CCCC(O)(CC#N)CC1. The van der Waals surface area contributed by atoms with Crippen LogP contribution in [0.3, 0.4) is 0 Å². The zero-order chi connectivity index (χ0) is 9.03. The predicted octanol–water partition coefficient (Wildman–Crippen LogP) is 2.23. The topological polar surface area (TPSA) is 44.0 Å². The Balaban J connectivity index is 2.50. The Morgan fingerprint density at radius 2 is 2.25 bits per heavy atom. The lowest BCUT2D eigenvalue weighted by molar-refractivity contribution is 0.0287. The van der Waals surface area contributed by atoms with Crippen molar-refractivity contribution in [2.75, 3.05) is 0 Å². The number of hydrogen-bond acceptors (Lipinski definition) is 2. The molecule has 0 saturated heterocycles. The Hall–Kier alpha value is -0.550. The number of nitrogens with zero attached hydrogens (tertiary/aromatic N) is 1. The third-order valence-corrected chi connectivity index (χ3v) is 2.85. The summed E-state index contributed by atoms with van der Waals surface area (Å²) in [4.78, 5) is 0. The maximum atomic E-state index is 9.95. The van der Waals surface area contributed by atoms with Crippen molar-refractivity contribution in [2.45, 2.75) is 51.0 Å². The van der Waals surface area contributed by atoms with Gasteiger partial charge in [-0.15, -0.1) is 0 Å². The van der Waals surface area contributed by atoms with Gasteiger partial charge in [-0.05, 0) is 25.2 Å². The lowest BCUT2D eigenvalue weighted by Crippen LogP contribution is -2.26. The first kappa shape index (κ1) is 9.54. The van der Waals surface area contributed by atoms with E-state index in [0.29, 0.717) is 6.42 Å². The Kier molecular flexibility index (Phi) is 3.11. The van der Waals surface area contributed by atoms with Gasteiger partial charge in [0.1, 0.15) is 0 Å². The van der Waals surface area contributed by atoms with Gasteiger partial charge in [0.15, 0.2) is 0 Å². The molecule has 68 valence electrons. The van der Waals surface area contributed by atoms with Crippen molar-refractivity contribution in [3.8, 4) is 6.07 Å². The van der Waals surface area contributed by atoms with Crippen LogP contribution >= 0.6 is 0 Å². The molecule has 0 amide bonds. The minimum Gasteiger partial charge on any atom is -0.389 e. The first-order valence-electron chi connectivity index (χ1n) is 4.76. The van der Waals surface area contributed by atoms with Crippen LogP contribution < -0.4 is 0 Å². The van der Waals surface area contributed by atoms with Crippen LogP contribution in [0.5, 0.6) is 0 Å². The standard InChI is InChI=1S/C10H17NO/c1-9-3-2-5-10(12,6-4-9)7-8-11/h9,12H,2-7H2,1H3. The van der Waals surface area contributed by atoms with Gasteiger partial charge in [0.2, 0.25) is 0 Å². The van der Waals surface area contributed by atoms with Gasteiger partial charge in [0.05, 0.1) is 18.1 Å². The Morgan fingerprint density at radius 3 is 2.92 bits per heavy atom. The van der Waals surface area contributed by atoms with E-state index in [2.05, 4.69) is 13.0 Å². The highest BCUT2D eigenvalue weighted by Crippen LogP contribution is 2.31. The van der Waals surface area contributed by atoms with E-state index in [-0.39, 0.29) is 0 Å². The predicted molar refractivity (Wildman–Crippen MR) is 47.4 cm³/mol. The second-order valence-electron chi connectivity index (χ2n) is 4.10. The van der Waals surface area contributed by atoms with E-state index >= 15 is 0 Å². The molecular formula is C10H17NO. The fraction of sp³-hybridized carbons (Fsp3) is 0.900. The van der Waals surface area contributed by atoms with Gasteiger partial charge in [-0.1, -0.05) is 19.8 Å². The molecule has 0 aromatic carbocycles. The summed E-state index contributed by atoms with van der Waals surface area (Å²) in [6.45, 7) is 2.22. The highest BCUT2D eigenvalue weighted by atomic mass is 16.3. The van der Waals surface area contributed by atoms with E-state index in [4.69, 9.17) is 5.26 Å². The first-order chi connectivity index (χ1) is 5.66. The summed E-state index contributed by atoms with van der Waals surface area (Å²) in [7, 11) is 0. The zero-order valence-corrected chi connectivity index (χ0v) is 7.71. The second-order valence-corrected chi connectivity index (χ2v) is 4.10. The van der Waals surface area contributed by atoms with Crippen molar-refractivity contribution in [3.63, 3.8) is 0 Å². The molecule has 2 atom stereocenters. The third-order valence-electron chi connectivity index (χ3n) is 2.85. The van der Waals surface area contributed by atoms with Crippen LogP contribution in [0.15, 0.2) is 0 Å². The third kappa shape index (κ3) is 2.49. The molecule has 1 N–H and O–H groups in total. The second kappa shape index (κ2) is 3.91. The van der Waals surface area contributed by atoms with Crippen molar-refractivity contribution in [3.05, 3.63) is 0 Å². The summed E-state index contributed by atoms with van der Waals surface area (Å²) in [5.41, 5.74) is -0.667. The Bertz CT molecular complexity index is 185. The minimum absolute atomic E-state index is 0.305. The van der Waals surface area contributed by atoms with Crippen LogP contribution in [0, 0.1) is 17.2 Å². The maximum Gasteiger partial charge on any atom is 0.0777 e. The van der Waals surface area contributed by atoms with Gasteiger partial charge in [0, 0.05) is 0 Å². The molecule has 0 aromatic rings. The maximum absolute atomic E-state index is 9.95. The molecule has 0 bridgehead atoms. The minimum atomic E-state index is -0.667. The fourth-order valence-electron chi connectivity index (χ4n) is 1.89. The highest BCUT2D eigenvalue weighted by Gasteiger charge is 2.29. The summed E-state index contributed by atoms with van der Waals surface area (Å²) in [6, 6.07) is 2.07. The van der Waals surface area contributed by atoms with Crippen LogP contribution in [0.1, 0.15) is 45.4 Å². The Morgan fingerprint density at radius 1 is 1.50 bits per heavy atom. The van der Waals surface area contributed by atoms with Gasteiger partial charge >= 0.3 is 0 Å². The lowest BCUT2D eigenvalue weighted by atomic mass is 9.91. The smallest absolute Gasteiger partial charge is 0.0777 e. The Labute approximate surface area is 74.2 Å². The normalized spacial score (nSPS) is 36.9. The number of rotatable bonds is 1. The first-order valence-corrected chi connectivity index (χ1v) is 4.76. The van der Waals surface area contributed by atoms with Crippen molar-refractivity contribution in [1.29, 1.82) is 5.26 Å². The van der Waals surface area contributed by atoms with Gasteiger partial charge in [-0.25, -0.2) is 0 Å². The van der Waals surface area contributed by atoms with Crippen LogP contribution in [-0.2, 0) is 0 Å². The van der Waals surface area contributed by atoms with E-state index < -0.39 is 5.60 Å². The molecule has 1 aliphatic rings. The summed E-state index contributed by atoms with van der Waals surface area (Å²) >= 11 is 0. The molecule has 0 radical (unpaired) electrons. The zero-order valence-electron chi connectivity index (χ0n) is 7.71. The van der Waals surface area contributed by atoms with Gasteiger partial charge < -0.3 is 5.11 Å². The van der Waals surface area contributed by atoms with E-state index in [1.54, 1.807) is 0 Å². The molecule has 0 aliphatic heterocycles. The van der Waals surface area contributed by atoms with E-state index in [1.807, 2.05) is 0 Å². The number of hydrogen-bond donors (Lipinski definition) is 1. The summed E-state index contributed by atoms with van der Waals surface area (Å²) < 4.78 is 0. The van der Waals surface area contributed by atoms with Crippen molar-refractivity contribution < 1.29 is 5.11 Å². The summed E-state index contributed by atoms with van der Waals surface area (Å²) in [5.74, 6) is 0.720. The summed E-state index contributed by atoms with van der Waals surface area (Å²) in [5, 5.41) is 18.5. The molecule has 0 aromatic heterocycles. The van der Waals surface area contributed by atoms with Crippen LogP contribution in [0.2, 0.25) is 0 Å². The monoisotopic (exact) mass is 167 g/mol. The van der Waals surface area contributed by atoms with Crippen LogP contribution in [0.25, 0.3) is 0 Å². The highest BCUT2D eigenvalue weighted by molar-refractivity contribution is 4.90. The molecule has 0 heterocycles. The largest absolute Gasteiger partial charge is 0.389 e. The molecule has 1 aliphatic carbocycles. The van der Waals surface area contributed by atoms with Gasteiger partial charge in [-0.3, -0.25) is 0 Å². The molecular weight excluding hydrogens is 150 g/mol. The van der Waals surface area contributed by atoms with Crippen molar-refractivity contribution >= 4 is 0 Å². The van der Waals surface area contributed by atoms with Crippen LogP contribution in [0.4, 0.5) is 0 Å². The van der Waals surface area contributed by atoms with Gasteiger partial charge in [-0.2, -0.15) is 5.26 Å². The molecule has 2 heteroatoms. The van der Waals surface area contributed by atoms with Crippen molar-refractivity contribution in [1.82, 2.24) is 0 Å². The molecule has 12 heavy (non-hydrogen) atoms. The summed E-state index contributed by atoms with van der Waals surface area (Å²) in [6.07, 6.45) is 5.26. The number of nitriles is 1. The lowest BCUT2D eigenvalue weighted by Gasteiger charge is -2.22. The molecule has 2 nitrogen and oxygen atoms in total. The molecule has 2 unspecified atom stereocenters. The average molecular weight is 167 g/mol. The van der Waals surface area contributed by atoms with Crippen LogP contribution in [-0.4, -0.2) is 10.7 Å². The van der Waals surface area contributed by atoms with E-state index in [9.17, 15) is 5.11 Å².